The minimum Gasteiger partial charge on any atom is -0.481 e. The van der Waals surface area contributed by atoms with E-state index in [1.165, 1.54) is 23.2 Å². The molecule has 0 saturated heterocycles. The van der Waals surface area contributed by atoms with Crippen molar-refractivity contribution >= 4 is 0 Å². The molecular formula is C15H19N3O. The molecule has 100 valence electrons. The zero-order valence-electron chi connectivity index (χ0n) is 11.2. The Kier molecular flexibility index (Phi) is 3.25. The van der Waals surface area contributed by atoms with Gasteiger partial charge in [0.2, 0.25) is 5.88 Å². The molecule has 4 nitrogen and oxygen atoms in total. The van der Waals surface area contributed by atoms with Crippen LogP contribution in [0.25, 0.3) is 0 Å². The molecule has 2 aromatic heterocycles. The monoisotopic (exact) mass is 257 g/mol. The molecule has 0 amide bonds. The van der Waals surface area contributed by atoms with Crippen LogP contribution in [-0.2, 0) is 13.0 Å². The van der Waals surface area contributed by atoms with Gasteiger partial charge in [0.1, 0.15) is 0 Å². The Bertz CT molecular complexity index is 559. The van der Waals surface area contributed by atoms with Crippen LogP contribution < -0.4 is 10.5 Å². The summed E-state index contributed by atoms with van der Waals surface area (Å²) in [5.74, 6) is 0.653. The molecule has 0 aromatic carbocycles. The van der Waals surface area contributed by atoms with Gasteiger partial charge in [0.05, 0.1) is 7.11 Å². The van der Waals surface area contributed by atoms with E-state index < -0.39 is 0 Å². The van der Waals surface area contributed by atoms with E-state index in [9.17, 15) is 0 Å². The lowest BCUT2D eigenvalue weighted by atomic mass is 9.93. The molecule has 1 aliphatic carbocycles. The quantitative estimate of drug-likeness (QED) is 0.917. The van der Waals surface area contributed by atoms with Crippen molar-refractivity contribution in [1.82, 2.24) is 9.55 Å². The van der Waals surface area contributed by atoms with Crippen LogP contribution >= 0.6 is 0 Å². The second-order valence-electron chi connectivity index (χ2n) is 5.05. The van der Waals surface area contributed by atoms with Crippen LogP contribution in [0, 0.1) is 0 Å². The predicted octanol–water partition coefficient (Wildman–Crippen LogP) is 2.28. The summed E-state index contributed by atoms with van der Waals surface area (Å²) < 4.78 is 7.36. The van der Waals surface area contributed by atoms with Crippen molar-refractivity contribution in [1.29, 1.82) is 0 Å². The Morgan fingerprint density at radius 2 is 2.32 bits per heavy atom. The fourth-order valence-corrected chi connectivity index (χ4v) is 2.76. The number of methoxy groups -OCH3 is 1. The van der Waals surface area contributed by atoms with Gasteiger partial charge in [-0.3, -0.25) is 0 Å². The molecule has 0 spiro atoms. The van der Waals surface area contributed by atoms with Crippen LogP contribution in [0.5, 0.6) is 5.88 Å². The van der Waals surface area contributed by atoms with E-state index >= 15 is 0 Å². The SMILES string of the molecule is COc1ccc(Cn2ccc3c2CCCC3N)cn1. The fourth-order valence-electron chi connectivity index (χ4n) is 2.76. The van der Waals surface area contributed by atoms with Gasteiger partial charge in [-0.15, -0.1) is 0 Å². The first-order valence-electron chi connectivity index (χ1n) is 6.70. The Balaban J connectivity index is 1.83. The lowest BCUT2D eigenvalue weighted by Gasteiger charge is -2.21. The Hall–Kier alpha value is -1.81. The van der Waals surface area contributed by atoms with Gasteiger partial charge in [-0.25, -0.2) is 4.98 Å². The molecule has 2 aromatic rings. The number of rotatable bonds is 3. The number of fused-ring (bicyclic) bond motifs is 1. The smallest absolute Gasteiger partial charge is 0.212 e. The maximum absolute atomic E-state index is 6.15. The van der Waals surface area contributed by atoms with Crippen molar-refractivity contribution < 1.29 is 4.74 Å². The van der Waals surface area contributed by atoms with Crippen molar-refractivity contribution in [3.8, 4) is 5.88 Å². The molecule has 4 heteroatoms. The normalized spacial score (nSPS) is 18.1. The summed E-state index contributed by atoms with van der Waals surface area (Å²) in [4.78, 5) is 4.24. The lowest BCUT2D eigenvalue weighted by molar-refractivity contribution is 0.397. The van der Waals surface area contributed by atoms with Gasteiger partial charge in [-0.05, 0) is 36.5 Å². The fraction of sp³-hybridized carbons (Fsp3) is 0.400. The van der Waals surface area contributed by atoms with Gasteiger partial charge < -0.3 is 15.0 Å². The number of pyridine rings is 1. The van der Waals surface area contributed by atoms with Gasteiger partial charge in [-0.1, -0.05) is 6.07 Å². The molecule has 2 heterocycles. The third-order valence-electron chi connectivity index (χ3n) is 3.80. The number of aromatic nitrogens is 2. The average molecular weight is 257 g/mol. The molecule has 3 rings (SSSR count). The van der Waals surface area contributed by atoms with Gasteiger partial charge in [0.15, 0.2) is 0 Å². The molecule has 0 radical (unpaired) electrons. The molecule has 1 unspecified atom stereocenters. The van der Waals surface area contributed by atoms with E-state index in [-0.39, 0.29) is 6.04 Å². The first-order valence-corrected chi connectivity index (χ1v) is 6.70. The van der Waals surface area contributed by atoms with E-state index in [1.54, 1.807) is 7.11 Å². The highest BCUT2D eigenvalue weighted by Gasteiger charge is 2.19. The minimum absolute atomic E-state index is 0.207. The van der Waals surface area contributed by atoms with Crippen molar-refractivity contribution in [3.63, 3.8) is 0 Å². The standard InChI is InChI=1S/C15H19N3O/c1-19-15-6-5-11(9-17-15)10-18-8-7-12-13(16)3-2-4-14(12)18/h5-9,13H,2-4,10,16H2,1H3. The van der Waals surface area contributed by atoms with Gasteiger partial charge in [-0.2, -0.15) is 0 Å². The van der Waals surface area contributed by atoms with E-state index in [2.05, 4.69) is 27.9 Å². The molecule has 2 N–H and O–H groups in total. The van der Waals surface area contributed by atoms with Crippen LogP contribution in [0.3, 0.4) is 0 Å². The lowest BCUT2D eigenvalue weighted by Crippen LogP contribution is -2.18. The number of hydrogen-bond acceptors (Lipinski definition) is 3. The van der Waals surface area contributed by atoms with Crippen LogP contribution in [-0.4, -0.2) is 16.7 Å². The van der Waals surface area contributed by atoms with Crippen LogP contribution in [0.2, 0.25) is 0 Å². The summed E-state index contributed by atoms with van der Waals surface area (Å²) in [5.41, 5.74) is 10.0. The zero-order chi connectivity index (χ0) is 13.2. The summed E-state index contributed by atoms with van der Waals surface area (Å²) in [7, 11) is 1.63. The first-order chi connectivity index (χ1) is 9.28. The van der Waals surface area contributed by atoms with Crippen LogP contribution in [0.1, 0.15) is 35.7 Å². The average Bonchev–Trinajstić information content (AvgIpc) is 2.84. The summed E-state index contributed by atoms with van der Waals surface area (Å²) >= 11 is 0. The summed E-state index contributed by atoms with van der Waals surface area (Å²) in [6.07, 6.45) is 7.41. The molecule has 1 atom stereocenters. The van der Waals surface area contributed by atoms with E-state index in [4.69, 9.17) is 10.5 Å². The number of nitrogens with two attached hydrogens (primary N) is 1. The maximum Gasteiger partial charge on any atom is 0.212 e. The number of nitrogens with zero attached hydrogens (tertiary/aromatic N) is 2. The van der Waals surface area contributed by atoms with E-state index in [0.717, 1.165) is 19.4 Å². The van der Waals surface area contributed by atoms with Crippen molar-refractivity contribution in [3.05, 3.63) is 47.4 Å². The summed E-state index contributed by atoms with van der Waals surface area (Å²) in [6.45, 7) is 0.846. The number of ether oxygens (including phenoxy) is 1. The van der Waals surface area contributed by atoms with Gasteiger partial charge in [0.25, 0.3) is 0 Å². The largest absolute Gasteiger partial charge is 0.481 e. The molecule has 1 aliphatic rings. The zero-order valence-corrected chi connectivity index (χ0v) is 11.2. The summed E-state index contributed by atoms with van der Waals surface area (Å²) in [6, 6.07) is 6.33. The second-order valence-corrected chi connectivity index (χ2v) is 5.05. The Morgan fingerprint density at radius 3 is 3.05 bits per heavy atom. The molecule has 0 saturated carbocycles. The molecule has 0 fully saturated rings. The molecule has 19 heavy (non-hydrogen) atoms. The van der Waals surface area contributed by atoms with Crippen molar-refractivity contribution in [2.45, 2.75) is 31.8 Å². The van der Waals surface area contributed by atoms with E-state index in [1.807, 2.05) is 12.3 Å². The van der Waals surface area contributed by atoms with Crippen molar-refractivity contribution in [2.24, 2.45) is 5.73 Å². The highest BCUT2D eigenvalue weighted by molar-refractivity contribution is 5.29. The Labute approximate surface area is 113 Å². The summed E-state index contributed by atoms with van der Waals surface area (Å²) in [5, 5.41) is 0. The second kappa shape index (κ2) is 5.05. The highest BCUT2D eigenvalue weighted by Crippen LogP contribution is 2.29. The number of hydrogen-bond donors (Lipinski definition) is 1. The maximum atomic E-state index is 6.15. The van der Waals surface area contributed by atoms with Crippen LogP contribution in [0.4, 0.5) is 0 Å². The van der Waals surface area contributed by atoms with E-state index in [0.29, 0.717) is 5.88 Å². The van der Waals surface area contributed by atoms with Gasteiger partial charge in [0, 0.05) is 36.7 Å². The molecule has 0 bridgehead atoms. The van der Waals surface area contributed by atoms with Crippen molar-refractivity contribution in [2.75, 3.05) is 7.11 Å². The topological polar surface area (TPSA) is 53.1 Å². The van der Waals surface area contributed by atoms with Gasteiger partial charge >= 0.3 is 0 Å². The predicted molar refractivity (Wildman–Crippen MR) is 74.2 cm³/mol. The minimum atomic E-state index is 0.207. The van der Waals surface area contributed by atoms with Crippen LogP contribution in [0.15, 0.2) is 30.6 Å². The first kappa shape index (κ1) is 12.2. The Morgan fingerprint density at radius 1 is 1.42 bits per heavy atom. The third kappa shape index (κ3) is 2.36. The molecule has 0 aliphatic heterocycles. The third-order valence-corrected chi connectivity index (χ3v) is 3.80. The molecular weight excluding hydrogens is 238 g/mol. The highest BCUT2D eigenvalue weighted by atomic mass is 16.5.